The van der Waals surface area contributed by atoms with E-state index in [1.54, 1.807) is 49.4 Å². The van der Waals surface area contributed by atoms with Crippen LogP contribution in [0.5, 0.6) is 5.75 Å². The van der Waals surface area contributed by atoms with Gasteiger partial charge in [-0.2, -0.15) is 4.31 Å². The Morgan fingerprint density at radius 3 is 2.04 bits per heavy atom. The molecule has 1 aliphatic heterocycles. The van der Waals surface area contributed by atoms with Crippen LogP contribution in [0.3, 0.4) is 0 Å². The normalized spacial score (nSPS) is 12.1. The Kier molecular flexibility index (Phi) is 25.5. The number of urea groups is 1. The van der Waals surface area contributed by atoms with Gasteiger partial charge in [0.15, 0.2) is 6.35 Å². The molecule has 0 saturated carbocycles. The maximum Gasteiger partial charge on any atom is 0.378 e. The van der Waals surface area contributed by atoms with Crippen molar-refractivity contribution in [1.29, 1.82) is 0 Å². The molecule has 254 valence electrons. The molecule has 3 rings (SSSR count). The van der Waals surface area contributed by atoms with Gasteiger partial charge in [-0.15, -0.1) is 17.8 Å². The maximum absolute atomic E-state index is 12.6. The van der Waals surface area contributed by atoms with Crippen molar-refractivity contribution in [1.82, 2.24) is 9.62 Å². The van der Waals surface area contributed by atoms with Crippen molar-refractivity contribution in [2.24, 2.45) is 11.1 Å². The number of hydrogen-bond acceptors (Lipinski definition) is 8. The van der Waals surface area contributed by atoms with Crippen LogP contribution in [0.15, 0.2) is 64.7 Å². The molecule has 0 spiro atoms. The summed E-state index contributed by atoms with van der Waals surface area (Å²) in [7, 11) is -7.63. The first-order valence-corrected chi connectivity index (χ1v) is 17.4. The van der Waals surface area contributed by atoms with E-state index < -0.39 is 30.0 Å². The molecule has 2 aromatic carbocycles. The predicted molar refractivity (Wildman–Crippen MR) is 175 cm³/mol. The molecule has 1 aliphatic rings. The van der Waals surface area contributed by atoms with Crippen LogP contribution in [0.25, 0.3) is 0 Å². The molecular weight excluding hydrogens is 625 g/mol. The second-order valence-corrected chi connectivity index (χ2v) is 13.2. The van der Waals surface area contributed by atoms with Crippen LogP contribution in [0, 0.1) is 30.6 Å². The van der Waals surface area contributed by atoms with Crippen molar-refractivity contribution in [3.63, 3.8) is 0 Å². The molecule has 2 amide bonds. The Bertz CT molecular complexity index is 1210. The molecule has 0 aromatic heterocycles. The number of carbonyl (C=O) groups excluding carboxylic acids is 1. The largest absolute Gasteiger partial charge is 0.481 e. The topological polar surface area (TPSA) is 192 Å². The van der Waals surface area contributed by atoms with Crippen molar-refractivity contribution in [2.45, 2.75) is 51.9 Å². The number of amides is 2. The Morgan fingerprint density at radius 1 is 1.09 bits per heavy atom. The highest BCUT2D eigenvalue weighted by Crippen LogP contribution is 2.34. The van der Waals surface area contributed by atoms with Gasteiger partial charge in [-0.05, 0) is 63.3 Å². The van der Waals surface area contributed by atoms with E-state index in [2.05, 4.69) is 23.3 Å². The van der Waals surface area contributed by atoms with Crippen molar-refractivity contribution in [2.75, 3.05) is 45.8 Å². The van der Waals surface area contributed by atoms with Gasteiger partial charge in [0, 0.05) is 44.6 Å². The number of nitrogens with zero attached hydrogens (tertiary/aromatic N) is 2. The number of rotatable bonds is 11. The Morgan fingerprint density at radius 2 is 1.62 bits per heavy atom. The smallest absolute Gasteiger partial charge is 0.378 e. The molecule has 0 radical (unpaired) electrons. The van der Waals surface area contributed by atoms with E-state index in [1.807, 2.05) is 32.9 Å². The molecule has 0 unspecified atom stereocenters. The third-order valence-corrected chi connectivity index (χ3v) is 7.49. The van der Waals surface area contributed by atoms with Gasteiger partial charge in [0.25, 0.3) is 0 Å². The van der Waals surface area contributed by atoms with E-state index >= 15 is 0 Å². The zero-order valence-corrected chi connectivity index (χ0v) is 28.2. The average molecular weight is 674 g/mol. The summed E-state index contributed by atoms with van der Waals surface area (Å²) < 4.78 is 46.9. The van der Waals surface area contributed by atoms with Crippen molar-refractivity contribution >= 4 is 23.7 Å². The van der Waals surface area contributed by atoms with Gasteiger partial charge in [-0.3, -0.25) is 4.57 Å². The summed E-state index contributed by atoms with van der Waals surface area (Å²) in [5.41, 5.74) is 1.07. The SMILES string of the molecule is C#C.C1CCOC1.CC(C)CN(CCCNC(=O)N=O)S(=O)(=O)c1ccccc1.CCO.Cc1ccc(OCP(=O)(O)O)cc1. The molecule has 0 atom stereocenters. The van der Waals surface area contributed by atoms with Gasteiger partial charge in [0.1, 0.15) is 5.75 Å². The molecule has 45 heavy (non-hydrogen) atoms. The minimum Gasteiger partial charge on any atom is -0.481 e. The number of sulfonamides is 1. The molecule has 0 bridgehead atoms. The zero-order valence-electron chi connectivity index (χ0n) is 26.4. The van der Waals surface area contributed by atoms with E-state index in [4.69, 9.17) is 24.4 Å². The summed E-state index contributed by atoms with van der Waals surface area (Å²) in [6.45, 7) is 10.6. The Balaban J connectivity index is 0. The second kappa shape index (κ2) is 26.1. The van der Waals surface area contributed by atoms with Crippen LogP contribution >= 0.6 is 7.60 Å². The number of ether oxygens (including phenoxy) is 2. The number of terminal acetylenes is 1. The highest BCUT2D eigenvalue weighted by atomic mass is 32.2. The van der Waals surface area contributed by atoms with Crippen LogP contribution in [0.2, 0.25) is 0 Å². The first-order valence-electron chi connectivity index (χ1n) is 14.2. The van der Waals surface area contributed by atoms with Gasteiger partial charge in [0.2, 0.25) is 10.0 Å². The fourth-order valence-electron chi connectivity index (χ4n) is 3.24. The van der Waals surface area contributed by atoms with E-state index in [-0.39, 0.29) is 30.5 Å². The number of aryl methyl sites for hydroxylation is 1. The number of carbonyl (C=O) groups is 1. The fourth-order valence-corrected chi connectivity index (χ4v) is 5.23. The van der Waals surface area contributed by atoms with E-state index in [0.717, 1.165) is 18.8 Å². The van der Waals surface area contributed by atoms with Gasteiger partial charge in [-0.25, -0.2) is 13.2 Å². The molecule has 1 fully saturated rings. The number of nitrogens with one attached hydrogen (secondary N) is 1. The van der Waals surface area contributed by atoms with Crippen LogP contribution in [0.1, 0.15) is 45.6 Å². The number of benzene rings is 2. The maximum atomic E-state index is 12.6. The van der Waals surface area contributed by atoms with Crippen molar-refractivity contribution in [3.8, 4) is 18.6 Å². The molecule has 15 heteroatoms. The van der Waals surface area contributed by atoms with Crippen LogP contribution in [0.4, 0.5) is 4.79 Å². The summed E-state index contributed by atoms with van der Waals surface area (Å²) >= 11 is 0. The lowest BCUT2D eigenvalue weighted by atomic mass is 10.2. The lowest BCUT2D eigenvalue weighted by Gasteiger charge is -2.24. The quantitative estimate of drug-likeness (QED) is 0.112. The molecule has 4 N–H and O–H groups in total. The summed E-state index contributed by atoms with van der Waals surface area (Å²) in [6.07, 6.45) is 10.4. The van der Waals surface area contributed by atoms with Crippen LogP contribution in [-0.4, -0.2) is 79.5 Å². The first-order chi connectivity index (χ1) is 21.3. The van der Waals surface area contributed by atoms with Crippen molar-refractivity contribution < 1.29 is 42.1 Å². The second-order valence-electron chi connectivity index (χ2n) is 9.63. The lowest BCUT2D eigenvalue weighted by molar-refractivity contribution is 0.198. The molecular formula is C30H48N3O10PS. The van der Waals surface area contributed by atoms with Crippen LogP contribution < -0.4 is 10.1 Å². The van der Waals surface area contributed by atoms with Gasteiger partial charge < -0.3 is 29.7 Å². The predicted octanol–water partition coefficient (Wildman–Crippen LogP) is 4.75. The first kappa shape index (κ1) is 44.0. The minimum atomic E-state index is -4.07. The van der Waals surface area contributed by atoms with Gasteiger partial charge in [-0.1, -0.05) is 49.7 Å². The monoisotopic (exact) mass is 673 g/mol. The minimum absolute atomic E-state index is 0.171. The molecule has 0 aliphatic carbocycles. The lowest BCUT2D eigenvalue weighted by Crippen LogP contribution is -2.36. The highest BCUT2D eigenvalue weighted by molar-refractivity contribution is 7.89. The van der Waals surface area contributed by atoms with E-state index in [1.165, 1.54) is 17.1 Å². The number of hydrogen-bond donors (Lipinski definition) is 4. The zero-order chi connectivity index (χ0) is 34.7. The molecule has 1 saturated heterocycles. The summed E-state index contributed by atoms with van der Waals surface area (Å²) in [5.74, 6) is 0.638. The third kappa shape index (κ3) is 23.8. The van der Waals surface area contributed by atoms with Gasteiger partial charge in [0.05, 0.1) is 4.90 Å². The number of aliphatic hydroxyl groups excluding tert-OH is 1. The van der Waals surface area contributed by atoms with E-state index in [0.29, 0.717) is 18.7 Å². The summed E-state index contributed by atoms with van der Waals surface area (Å²) in [6, 6.07) is 14.3. The number of aliphatic hydroxyl groups is 1. The van der Waals surface area contributed by atoms with Crippen LogP contribution in [-0.2, 0) is 19.3 Å². The standard InChI is InChI=1S/C14H21N3O4S.C8H11O4P.C4H8O.C2H6O.C2H2/c1-12(2)11-17(10-6-9-15-14(18)16-19)22(20,21)13-7-4-3-5-8-13;1-7-2-4-8(5-3-7)12-6-13(9,10)11;1-2-4-5-3-1;1-2-3;1-2/h3-5,7-8,12H,6,9-11H2,1-2H3,(H,15,18);2-5H,6H2,1H3,(H2,9,10,11);1-4H2;3H,2H2,1H3;1-2H. The number of nitroso groups, excluding NO2 is 1. The molecule has 1 heterocycles. The summed E-state index contributed by atoms with van der Waals surface area (Å²) in [5, 5.41) is 12.1. The molecule has 2 aromatic rings. The Hall–Kier alpha value is -3.15. The Labute approximate surface area is 267 Å². The average Bonchev–Trinajstić information content (AvgIpc) is 3.60. The van der Waals surface area contributed by atoms with Crippen molar-refractivity contribution in [3.05, 3.63) is 65.1 Å². The summed E-state index contributed by atoms with van der Waals surface area (Å²) in [4.78, 5) is 38.0. The molecule has 13 nitrogen and oxygen atoms in total. The fraction of sp³-hybridized carbons (Fsp3) is 0.500. The van der Waals surface area contributed by atoms with Gasteiger partial charge >= 0.3 is 13.6 Å². The van der Waals surface area contributed by atoms with E-state index in [9.17, 15) is 22.7 Å². The highest BCUT2D eigenvalue weighted by Gasteiger charge is 2.24. The third-order valence-electron chi connectivity index (χ3n) is 5.14.